The standard InChI is InChI=1S/C21H19N3O2S2/c1-2-24(18-12-7-4-8-13-18)28(25,26)20-16-23(17-10-5-3-6-11-17)22-21(20)19-14-9-15-27-19/h3-16H,2H2,1H3. The Bertz CT molecular complexity index is 1150. The molecule has 4 rings (SSSR count). The monoisotopic (exact) mass is 409 g/mol. The molecule has 142 valence electrons. The highest BCUT2D eigenvalue weighted by molar-refractivity contribution is 7.93. The van der Waals surface area contributed by atoms with Crippen molar-refractivity contribution in [2.24, 2.45) is 0 Å². The van der Waals surface area contributed by atoms with Crippen molar-refractivity contribution in [1.29, 1.82) is 0 Å². The van der Waals surface area contributed by atoms with E-state index in [1.54, 1.807) is 23.0 Å². The van der Waals surface area contributed by atoms with Crippen LogP contribution < -0.4 is 4.31 Å². The lowest BCUT2D eigenvalue weighted by Gasteiger charge is -2.22. The van der Waals surface area contributed by atoms with E-state index in [9.17, 15) is 8.42 Å². The maximum absolute atomic E-state index is 13.6. The molecule has 0 amide bonds. The predicted molar refractivity (Wildman–Crippen MR) is 114 cm³/mol. The molecule has 7 heteroatoms. The van der Waals surface area contributed by atoms with Gasteiger partial charge in [0.1, 0.15) is 10.6 Å². The first kappa shape index (κ1) is 18.5. The topological polar surface area (TPSA) is 55.2 Å². The second-order valence-electron chi connectivity index (χ2n) is 6.10. The lowest BCUT2D eigenvalue weighted by Crippen LogP contribution is -2.30. The summed E-state index contributed by atoms with van der Waals surface area (Å²) in [4.78, 5) is 1.02. The van der Waals surface area contributed by atoms with Crippen molar-refractivity contribution in [2.45, 2.75) is 11.8 Å². The van der Waals surface area contributed by atoms with Crippen LogP contribution in [0.25, 0.3) is 16.3 Å². The Kier molecular flexibility index (Phi) is 5.02. The van der Waals surface area contributed by atoms with E-state index in [-0.39, 0.29) is 4.90 Å². The zero-order valence-electron chi connectivity index (χ0n) is 15.3. The maximum atomic E-state index is 13.6. The van der Waals surface area contributed by atoms with E-state index in [4.69, 9.17) is 0 Å². The molecule has 28 heavy (non-hydrogen) atoms. The molecule has 0 aliphatic rings. The van der Waals surface area contributed by atoms with Gasteiger partial charge in [-0.1, -0.05) is 42.5 Å². The van der Waals surface area contributed by atoms with Crippen LogP contribution in [0.1, 0.15) is 6.92 Å². The Morgan fingerprint density at radius 1 is 0.964 bits per heavy atom. The summed E-state index contributed by atoms with van der Waals surface area (Å²) in [5.74, 6) is 0. The second-order valence-corrected chi connectivity index (χ2v) is 8.88. The molecule has 4 aromatic rings. The minimum atomic E-state index is -3.79. The SMILES string of the molecule is CCN(c1ccccc1)S(=O)(=O)c1cn(-c2ccccc2)nc1-c1cccs1. The van der Waals surface area contributed by atoms with Gasteiger partial charge in [0, 0.05) is 6.54 Å². The number of anilines is 1. The summed E-state index contributed by atoms with van der Waals surface area (Å²) in [7, 11) is -3.79. The summed E-state index contributed by atoms with van der Waals surface area (Å²) < 4.78 is 30.2. The van der Waals surface area contributed by atoms with Crippen LogP contribution in [0, 0.1) is 0 Å². The van der Waals surface area contributed by atoms with E-state index in [0.29, 0.717) is 17.9 Å². The van der Waals surface area contributed by atoms with Crippen molar-refractivity contribution < 1.29 is 8.42 Å². The van der Waals surface area contributed by atoms with E-state index >= 15 is 0 Å². The number of benzene rings is 2. The summed E-state index contributed by atoms with van der Waals surface area (Å²) in [6.45, 7) is 2.16. The van der Waals surface area contributed by atoms with E-state index in [2.05, 4.69) is 5.10 Å². The fourth-order valence-electron chi connectivity index (χ4n) is 3.05. The van der Waals surface area contributed by atoms with Crippen LogP contribution in [-0.4, -0.2) is 24.7 Å². The normalized spacial score (nSPS) is 11.5. The van der Waals surface area contributed by atoms with Gasteiger partial charge in [-0.25, -0.2) is 13.1 Å². The van der Waals surface area contributed by atoms with Gasteiger partial charge in [0.05, 0.1) is 22.4 Å². The summed E-state index contributed by atoms with van der Waals surface area (Å²) in [6.07, 6.45) is 1.60. The van der Waals surface area contributed by atoms with Gasteiger partial charge in [-0.15, -0.1) is 11.3 Å². The highest BCUT2D eigenvalue weighted by Gasteiger charge is 2.30. The highest BCUT2D eigenvalue weighted by Crippen LogP contribution is 2.33. The molecule has 0 radical (unpaired) electrons. The molecule has 0 unspecified atom stereocenters. The van der Waals surface area contributed by atoms with Crippen LogP contribution in [0.3, 0.4) is 0 Å². The number of thiophene rings is 1. The molecule has 5 nitrogen and oxygen atoms in total. The molecule has 0 atom stereocenters. The first-order chi connectivity index (χ1) is 13.6. The second kappa shape index (κ2) is 7.61. The van der Waals surface area contributed by atoms with Crippen LogP contribution in [0.15, 0.2) is 89.3 Å². The number of hydrogen-bond acceptors (Lipinski definition) is 4. The van der Waals surface area contributed by atoms with Gasteiger partial charge in [0.15, 0.2) is 0 Å². The van der Waals surface area contributed by atoms with Gasteiger partial charge in [-0.05, 0) is 42.6 Å². The maximum Gasteiger partial charge on any atom is 0.268 e. The Labute approximate surface area is 168 Å². The average molecular weight is 410 g/mol. The minimum absolute atomic E-state index is 0.199. The van der Waals surface area contributed by atoms with Gasteiger partial charge in [0.2, 0.25) is 0 Å². The molecule has 0 saturated heterocycles. The Morgan fingerprint density at radius 3 is 2.25 bits per heavy atom. The van der Waals surface area contributed by atoms with Gasteiger partial charge >= 0.3 is 0 Å². The van der Waals surface area contributed by atoms with Gasteiger partial charge in [0.25, 0.3) is 10.0 Å². The van der Waals surface area contributed by atoms with Gasteiger partial charge < -0.3 is 0 Å². The zero-order chi connectivity index (χ0) is 19.6. The zero-order valence-corrected chi connectivity index (χ0v) is 16.9. The Hall–Kier alpha value is -2.90. The molecule has 0 aliphatic heterocycles. The molecule has 2 aromatic heterocycles. The lowest BCUT2D eigenvalue weighted by molar-refractivity contribution is 0.592. The molecule has 0 bridgehead atoms. The molecule has 2 aromatic carbocycles. The van der Waals surface area contributed by atoms with E-state index < -0.39 is 10.0 Å². The van der Waals surface area contributed by atoms with Crippen LogP contribution >= 0.6 is 11.3 Å². The van der Waals surface area contributed by atoms with Crippen LogP contribution in [-0.2, 0) is 10.0 Å². The van der Waals surface area contributed by atoms with Crippen molar-refractivity contribution in [3.05, 3.63) is 84.4 Å². The van der Waals surface area contributed by atoms with Crippen LogP contribution in [0.4, 0.5) is 5.69 Å². The smallest absolute Gasteiger partial charge is 0.267 e. The number of hydrogen-bond donors (Lipinski definition) is 0. The van der Waals surface area contributed by atoms with Crippen LogP contribution in [0.5, 0.6) is 0 Å². The summed E-state index contributed by atoms with van der Waals surface area (Å²) in [5, 5.41) is 6.54. The van der Waals surface area contributed by atoms with Gasteiger partial charge in [-0.2, -0.15) is 5.10 Å². The fraction of sp³-hybridized carbons (Fsp3) is 0.0952. The Morgan fingerprint density at radius 2 is 1.64 bits per heavy atom. The van der Waals surface area contributed by atoms with Crippen LogP contribution in [0.2, 0.25) is 0 Å². The highest BCUT2D eigenvalue weighted by atomic mass is 32.2. The minimum Gasteiger partial charge on any atom is -0.267 e. The molecular weight excluding hydrogens is 390 g/mol. The summed E-state index contributed by atoms with van der Waals surface area (Å²) >= 11 is 1.47. The Balaban J connectivity index is 1.89. The summed E-state index contributed by atoms with van der Waals surface area (Å²) in [6, 6.07) is 22.4. The molecule has 0 saturated carbocycles. The third-order valence-corrected chi connectivity index (χ3v) is 7.14. The number of sulfonamides is 1. The number of aromatic nitrogens is 2. The van der Waals surface area contributed by atoms with Crippen molar-refractivity contribution in [3.63, 3.8) is 0 Å². The molecule has 0 fully saturated rings. The van der Waals surface area contributed by atoms with E-state index in [0.717, 1.165) is 10.6 Å². The quantitative estimate of drug-likeness (QED) is 0.459. The van der Waals surface area contributed by atoms with Crippen molar-refractivity contribution in [1.82, 2.24) is 9.78 Å². The van der Waals surface area contributed by atoms with Crippen molar-refractivity contribution >= 4 is 27.0 Å². The molecule has 0 aliphatic carbocycles. The third kappa shape index (κ3) is 3.34. The first-order valence-corrected chi connectivity index (χ1v) is 11.2. The number of rotatable bonds is 6. The number of para-hydroxylation sites is 2. The largest absolute Gasteiger partial charge is 0.268 e. The predicted octanol–water partition coefficient (Wildman–Crippen LogP) is 4.82. The van der Waals surface area contributed by atoms with E-state index in [1.807, 2.05) is 73.0 Å². The van der Waals surface area contributed by atoms with Crippen molar-refractivity contribution in [3.8, 4) is 16.3 Å². The first-order valence-electron chi connectivity index (χ1n) is 8.88. The lowest BCUT2D eigenvalue weighted by atomic mass is 10.3. The van der Waals surface area contributed by atoms with Crippen molar-refractivity contribution in [2.75, 3.05) is 10.8 Å². The fourth-order valence-corrected chi connectivity index (χ4v) is 5.44. The van der Waals surface area contributed by atoms with Gasteiger partial charge in [-0.3, -0.25) is 4.31 Å². The molecule has 0 spiro atoms. The molecular formula is C21H19N3O2S2. The molecule has 0 N–H and O–H groups in total. The third-order valence-electron chi connectivity index (χ3n) is 4.36. The summed E-state index contributed by atoms with van der Waals surface area (Å²) in [5.41, 5.74) is 1.91. The molecule has 2 heterocycles. The number of nitrogens with zero attached hydrogens (tertiary/aromatic N) is 3. The van der Waals surface area contributed by atoms with E-state index in [1.165, 1.54) is 15.6 Å². The average Bonchev–Trinajstić information content (AvgIpc) is 3.40.